The van der Waals surface area contributed by atoms with Crippen LogP contribution in [-0.4, -0.2) is 182 Å². The third-order valence-corrected chi connectivity index (χ3v) is 11.3. The van der Waals surface area contributed by atoms with Crippen LogP contribution in [0.5, 0.6) is 11.5 Å². The Morgan fingerprint density at radius 1 is 0.481 bits per heavy atom. The molecule has 0 spiro atoms. The number of rotatable bonds is 35. The van der Waals surface area contributed by atoms with E-state index in [1.165, 1.54) is 48.5 Å². The highest BCUT2D eigenvalue weighted by Crippen LogP contribution is 2.14. The first kappa shape index (κ1) is 65.9. The second-order valence-electron chi connectivity index (χ2n) is 17.8. The molecule has 0 fully saturated rings. The van der Waals surface area contributed by atoms with Crippen LogP contribution in [0.3, 0.4) is 0 Å². The largest absolute Gasteiger partial charge is 0.508 e. The van der Waals surface area contributed by atoms with Gasteiger partial charge in [-0.2, -0.15) is 0 Å². The van der Waals surface area contributed by atoms with Crippen LogP contribution >= 0.6 is 0 Å². The van der Waals surface area contributed by atoms with Crippen LogP contribution < -0.4 is 71.2 Å². The standard InChI is InChI=1S/C47H68N14O18/c1-22(46(78)79)54-39(71)28(3-2-16-53-47(51)52)56-44(76)33(20-62)60-42(74)31(18-24-6-10-26(65)11-7-24)58-45(77)34(21-63)61-43(75)32(19-37(68)69)59-41(73)30(17-23-4-8-25(64)9-5-23)57-40(72)29(13-15-36(50)67)55-38(70)27(48)12-14-35(49)66/h4-11,22,27-34,62-65H,2-3,12-21,48H2,1H3,(H2,49,66)(H2,50,67)(H,54,71)(H,55,70)(H,56,76)(H,57,72)(H,58,77)(H,59,73)(H,60,74)(H,61,75)(H,68,69)(H,78,79)(H4,51,52,53)/t22-,27-,28-,29-,30-,31-,32-,33-,34-/m0/s1. The summed E-state index contributed by atoms with van der Waals surface area (Å²) in [5, 5.41) is 77.3. The van der Waals surface area contributed by atoms with Crippen molar-refractivity contribution in [1.29, 1.82) is 0 Å². The zero-order chi connectivity index (χ0) is 59.5. The maximum absolute atomic E-state index is 14.1. The van der Waals surface area contributed by atoms with Crippen LogP contribution in [0.4, 0.5) is 0 Å². The van der Waals surface area contributed by atoms with Crippen molar-refractivity contribution in [2.45, 2.75) is 119 Å². The van der Waals surface area contributed by atoms with Gasteiger partial charge in [0, 0.05) is 32.2 Å². The number of hydrogen-bond donors (Lipinski definition) is 19. The van der Waals surface area contributed by atoms with Gasteiger partial charge in [0.25, 0.3) is 0 Å². The van der Waals surface area contributed by atoms with Gasteiger partial charge in [0.05, 0.1) is 25.7 Å². The van der Waals surface area contributed by atoms with E-state index in [0.29, 0.717) is 0 Å². The highest BCUT2D eigenvalue weighted by atomic mass is 16.4. The summed E-state index contributed by atoms with van der Waals surface area (Å²) in [7, 11) is 0. The maximum Gasteiger partial charge on any atom is 0.325 e. The van der Waals surface area contributed by atoms with E-state index in [1.807, 2.05) is 0 Å². The predicted molar refractivity (Wildman–Crippen MR) is 274 cm³/mol. The van der Waals surface area contributed by atoms with Crippen LogP contribution in [0.25, 0.3) is 0 Å². The van der Waals surface area contributed by atoms with Crippen molar-refractivity contribution >= 4 is 77.0 Å². The molecule has 0 saturated carbocycles. The number of primary amides is 2. The zero-order valence-corrected chi connectivity index (χ0v) is 42.7. The Kier molecular flexibility index (Phi) is 27.6. The van der Waals surface area contributed by atoms with E-state index in [1.54, 1.807) is 0 Å². The molecular weight excluding hydrogens is 1050 g/mol. The van der Waals surface area contributed by atoms with Crippen molar-refractivity contribution in [2.75, 3.05) is 19.8 Å². The number of nitrogens with zero attached hydrogens (tertiary/aromatic N) is 1. The van der Waals surface area contributed by atoms with Crippen molar-refractivity contribution in [2.24, 2.45) is 33.7 Å². The molecule has 0 aliphatic carbocycles. The normalized spacial score (nSPS) is 14.2. The topological polar surface area (TPSA) is 565 Å². The van der Waals surface area contributed by atoms with E-state index >= 15 is 0 Å². The molecule has 0 aliphatic heterocycles. The molecular formula is C47H68N14O18. The maximum atomic E-state index is 14.1. The summed E-state index contributed by atoms with van der Waals surface area (Å²) in [6.07, 6.45) is -3.61. The summed E-state index contributed by atoms with van der Waals surface area (Å²) < 4.78 is 0. The van der Waals surface area contributed by atoms with Crippen molar-refractivity contribution in [3.05, 3.63) is 59.7 Å². The van der Waals surface area contributed by atoms with Crippen molar-refractivity contribution in [3.63, 3.8) is 0 Å². The van der Waals surface area contributed by atoms with E-state index in [2.05, 4.69) is 47.5 Å². The number of carboxylic acid groups (broad SMARTS) is 2. The summed E-state index contributed by atoms with van der Waals surface area (Å²) in [6, 6.07) is -5.06. The fourth-order valence-electron chi connectivity index (χ4n) is 6.97. The van der Waals surface area contributed by atoms with Gasteiger partial charge in [0.1, 0.15) is 59.8 Å². The lowest BCUT2D eigenvalue weighted by atomic mass is 10.0. The fraction of sp³-hybridized carbons (Fsp3) is 0.468. The van der Waals surface area contributed by atoms with E-state index in [9.17, 15) is 88.2 Å². The van der Waals surface area contributed by atoms with Crippen LogP contribution in [0, 0.1) is 0 Å². The minimum Gasteiger partial charge on any atom is -0.508 e. The molecule has 0 heterocycles. The molecule has 0 saturated heterocycles. The molecule has 0 aromatic heterocycles. The van der Waals surface area contributed by atoms with Gasteiger partial charge in [0.2, 0.25) is 59.1 Å². The predicted octanol–water partition coefficient (Wildman–Crippen LogP) is -7.76. The average molecular weight is 1120 g/mol. The molecule has 0 radical (unpaired) electrons. The van der Waals surface area contributed by atoms with Gasteiger partial charge in [0.15, 0.2) is 5.96 Å². The van der Waals surface area contributed by atoms with Gasteiger partial charge in [-0.15, -0.1) is 0 Å². The first-order valence-electron chi connectivity index (χ1n) is 24.2. The van der Waals surface area contributed by atoms with Crippen LogP contribution in [0.15, 0.2) is 53.5 Å². The summed E-state index contributed by atoms with van der Waals surface area (Å²) >= 11 is 0. The number of aliphatic hydroxyl groups is 2. The van der Waals surface area contributed by atoms with Gasteiger partial charge < -0.3 is 102 Å². The quantitative estimate of drug-likeness (QED) is 0.0173. The minimum absolute atomic E-state index is 0.0204. The number of benzene rings is 2. The number of carbonyl (C=O) groups is 12. The number of phenols is 2. The Balaban J connectivity index is 2.45. The molecule has 2 aromatic rings. The van der Waals surface area contributed by atoms with Crippen molar-refractivity contribution < 1.29 is 88.2 Å². The van der Waals surface area contributed by atoms with Crippen LogP contribution in [-0.2, 0) is 70.4 Å². The average Bonchev–Trinajstić information content (AvgIpc) is 3.38. The molecule has 2 aromatic carbocycles. The van der Waals surface area contributed by atoms with Crippen molar-refractivity contribution in [3.8, 4) is 11.5 Å². The number of nitrogens with one attached hydrogen (secondary N) is 8. The molecule has 434 valence electrons. The number of phenolic OH excluding ortho intramolecular Hbond substituents is 2. The number of carbonyl (C=O) groups excluding carboxylic acids is 10. The van der Waals surface area contributed by atoms with Gasteiger partial charge in [-0.3, -0.25) is 62.5 Å². The first-order valence-corrected chi connectivity index (χ1v) is 24.2. The number of aliphatic imine (C=N–C) groups is 1. The SMILES string of the molecule is C[C@H](NC(=O)[C@H](CCCN=C(N)N)NC(=O)[C@H](CO)NC(=O)[C@H](Cc1ccc(O)cc1)NC(=O)[C@H](CO)NC(=O)[C@H](CC(=O)O)NC(=O)[C@H](Cc1ccc(O)cc1)NC(=O)[C@H](CCC(N)=O)NC(=O)[C@@H](N)CCC(N)=O)C(=O)O. The van der Waals surface area contributed by atoms with E-state index in [-0.39, 0.29) is 60.8 Å². The summed E-state index contributed by atoms with van der Waals surface area (Å²) in [5.41, 5.74) is 27.5. The number of aromatic hydroxyl groups is 2. The number of hydrogen-bond acceptors (Lipinski definition) is 18. The first-order chi connectivity index (χ1) is 37.1. The lowest BCUT2D eigenvalue weighted by Gasteiger charge is -2.27. The smallest absolute Gasteiger partial charge is 0.325 e. The molecule has 24 N–H and O–H groups in total. The molecule has 79 heavy (non-hydrogen) atoms. The lowest BCUT2D eigenvalue weighted by molar-refractivity contribution is -0.142. The van der Waals surface area contributed by atoms with E-state index in [4.69, 9.17) is 28.7 Å². The highest BCUT2D eigenvalue weighted by Gasteiger charge is 2.36. The summed E-state index contributed by atoms with van der Waals surface area (Å²) in [4.78, 5) is 159. The van der Waals surface area contributed by atoms with E-state index in [0.717, 1.165) is 6.92 Å². The molecule has 0 unspecified atom stereocenters. The van der Waals surface area contributed by atoms with Gasteiger partial charge in [-0.05, 0) is 68.0 Å². The number of aliphatic hydroxyl groups excluding tert-OH is 2. The number of aliphatic carboxylic acids is 2. The van der Waals surface area contributed by atoms with Crippen molar-refractivity contribution in [1.82, 2.24) is 42.5 Å². The molecule has 32 heteroatoms. The third kappa shape index (κ3) is 24.6. The Hall–Kier alpha value is -9.17. The van der Waals surface area contributed by atoms with Crippen LogP contribution in [0.1, 0.15) is 63.0 Å². The molecule has 9 atom stereocenters. The second kappa shape index (κ2) is 33.1. The van der Waals surface area contributed by atoms with Gasteiger partial charge in [-0.25, -0.2) is 0 Å². The summed E-state index contributed by atoms with van der Waals surface area (Å²) in [6.45, 7) is -1.22. The summed E-state index contributed by atoms with van der Waals surface area (Å²) in [5.74, 6) is -14.8. The zero-order valence-electron chi connectivity index (χ0n) is 42.7. The van der Waals surface area contributed by atoms with Crippen LogP contribution in [0.2, 0.25) is 0 Å². The van der Waals surface area contributed by atoms with Gasteiger partial charge >= 0.3 is 11.9 Å². The second-order valence-corrected chi connectivity index (χ2v) is 17.8. The number of carboxylic acids is 2. The molecule has 0 aliphatic rings. The lowest BCUT2D eigenvalue weighted by Crippen LogP contribution is -2.61. The van der Waals surface area contributed by atoms with E-state index < -0.39 is 171 Å². The number of nitrogens with two attached hydrogens (primary N) is 5. The molecule has 32 nitrogen and oxygen atoms in total. The monoisotopic (exact) mass is 1120 g/mol. The Labute approximate surface area is 450 Å². The van der Waals surface area contributed by atoms with Gasteiger partial charge in [-0.1, -0.05) is 24.3 Å². The third-order valence-electron chi connectivity index (χ3n) is 11.3. The Morgan fingerprint density at radius 3 is 1.25 bits per heavy atom. The molecule has 0 bridgehead atoms. The number of guanidine groups is 1. The fourth-order valence-corrected chi connectivity index (χ4v) is 6.97. The minimum atomic E-state index is -2.09. The Bertz CT molecular complexity index is 2510. The highest BCUT2D eigenvalue weighted by molar-refractivity contribution is 5.99. The molecule has 2 rings (SSSR count). The Morgan fingerprint density at radius 2 is 0.835 bits per heavy atom. The molecule has 10 amide bonds. The number of amides is 10.